The predicted octanol–water partition coefficient (Wildman–Crippen LogP) is 2.09. The van der Waals surface area contributed by atoms with Gasteiger partial charge >= 0.3 is 5.97 Å². The van der Waals surface area contributed by atoms with Crippen molar-refractivity contribution in [2.75, 3.05) is 41.3 Å². The number of nitrogens with zero attached hydrogens (tertiary/aromatic N) is 4. The zero-order valence-electron chi connectivity index (χ0n) is 43.8. The average Bonchev–Trinajstić information content (AvgIpc) is 3.31. The number of cyclic esters (lactones) is 1. The molecule has 8 amide bonds. The fourth-order valence-electron chi connectivity index (χ4n) is 8.25. The smallest absolute Gasteiger partial charge is 0.311 e. The van der Waals surface area contributed by atoms with E-state index in [9.17, 15) is 47.9 Å². The lowest BCUT2D eigenvalue weighted by Crippen LogP contribution is -2.60. The molecule has 0 bridgehead atoms. The highest BCUT2D eigenvalue weighted by molar-refractivity contribution is 6.09. The summed E-state index contributed by atoms with van der Waals surface area (Å²) in [6, 6.07) is 2.32. The van der Waals surface area contributed by atoms with E-state index in [4.69, 9.17) is 4.74 Å². The normalized spacial score (nSPS) is 27.2. The van der Waals surface area contributed by atoms with E-state index >= 15 is 0 Å². The SMILES string of the molecule is CC[C@H](C)[C@@H]1OC(=O)[C@@H](C)[C@@H](CC)NC(=O)[C@H](C)N(C)C(=O)C(C)(C)C(=O)[C@H](C)NC(=O)[C@H](Cc2ccccc2)N(C)C(=O)[C@H](C(C)C)N(C)C(=O)CNC(=O)[C@H](CC(C)C)N(C)C(=O)CNC1=O. The van der Waals surface area contributed by atoms with E-state index in [1.54, 1.807) is 65.0 Å². The molecule has 1 aliphatic heterocycles. The lowest BCUT2D eigenvalue weighted by Gasteiger charge is -2.37. The van der Waals surface area contributed by atoms with Gasteiger partial charge in [-0.15, -0.1) is 0 Å². The number of carbonyl (C=O) groups excluding carboxylic acids is 10. The number of hydrogen-bond acceptors (Lipinski definition) is 11. The summed E-state index contributed by atoms with van der Waals surface area (Å²) < 4.78 is 5.77. The number of likely N-dealkylation sites (N-methyl/N-ethyl adjacent to an activating group) is 4. The average molecular weight is 969 g/mol. The van der Waals surface area contributed by atoms with E-state index in [0.29, 0.717) is 12.0 Å². The largest absolute Gasteiger partial charge is 0.452 e. The van der Waals surface area contributed by atoms with Crippen molar-refractivity contribution in [3.63, 3.8) is 0 Å². The molecule has 1 fully saturated rings. The van der Waals surface area contributed by atoms with Crippen LogP contribution in [0.3, 0.4) is 0 Å². The number of ketones is 1. The maximum atomic E-state index is 14.5. The van der Waals surface area contributed by atoms with Gasteiger partial charge in [-0.25, -0.2) is 0 Å². The minimum absolute atomic E-state index is 0.0206. The van der Waals surface area contributed by atoms with Crippen LogP contribution in [-0.4, -0.2) is 162 Å². The molecule has 0 saturated carbocycles. The molecule has 0 aromatic heterocycles. The Morgan fingerprint density at radius 2 is 1.23 bits per heavy atom. The van der Waals surface area contributed by atoms with Gasteiger partial charge in [-0.1, -0.05) is 78.8 Å². The monoisotopic (exact) mass is 969 g/mol. The number of amides is 8. The fourth-order valence-corrected chi connectivity index (χ4v) is 8.25. The van der Waals surface area contributed by atoms with Crippen LogP contribution in [0.1, 0.15) is 108 Å². The zero-order chi connectivity index (χ0) is 52.8. The van der Waals surface area contributed by atoms with Crippen molar-refractivity contribution in [2.45, 2.75) is 151 Å². The molecule has 19 heteroatoms. The third kappa shape index (κ3) is 15.6. The molecule has 19 nitrogen and oxygen atoms in total. The summed E-state index contributed by atoms with van der Waals surface area (Å²) in [5.41, 5.74) is -1.07. The first-order valence-corrected chi connectivity index (χ1v) is 24.0. The van der Waals surface area contributed by atoms with Gasteiger partial charge in [0.15, 0.2) is 11.9 Å². The third-order valence-electron chi connectivity index (χ3n) is 13.4. The zero-order valence-corrected chi connectivity index (χ0v) is 43.8. The molecule has 0 spiro atoms. The van der Waals surface area contributed by atoms with Crippen LogP contribution in [0.2, 0.25) is 0 Å². The van der Waals surface area contributed by atoms with E-state index < -0.39 is 138 Å². The van der Waals surface area contributed by atoms with Crippen LogP contribution < -0.4 is 21.3 Å². The summed E-state index contributed by atoms with van der Waals surface area (Å²) in [4.78, 5) is 144. The van der Waals surface area contributed by atoms with Crippen molar-refractivity contribution in [1.82, 2.24) is 40.9 Å². The molecule has 0 unspecified atom stereocenters. The molecule has 0 aliphatic carbocycles. The Morgan fingerprint density at radius 3 is 1.75 bits per heavy atom. The lowest BCUT2D eigenvalue weighted by molar-refractivity contribution is -0.164. The highest BCUT2D eigenvalue weighted by Crippen LogP contribution is 2.25. The maximum Gasteiger partial charge on any atom is 0.311 e. The Balaban J connectivity index is 2.69. The van der Waals surface area contributed by atoms with Crippen molar-refractivity contribution >= 4 is 59.0 Å². The highest BCUT2D eigenvalue weighted by Gasteiger charge is 2.45. The Hall–Kier alpha value is -5.88. The summed E-state index contributed by atoms with van der Waals surface area (Å²) in [6.45, 7) is 18.5. The number of nitrogens with one attached hydrogen (secondary N) is 4. The van der Waals surface area contributed by atoms with E-state index in [0.717, 1.165) is 4.90 Å². The first-order chi connectivity index (χ1) is 32.0. The molecule has 1 heterocycles. The Morgan fingerprint density at radius 1 is 0.681 bits per heavy atom. The minimum Gasteiger partial charge on any atom is -0.452 e. The van der Waals surface area contributed by atoms with Crippen LogP contribution >= 0.6 is 0 Å². The molecule has 69 heavy (non-hydrogen) atoms. The van der Waals surface area contributed by atoms with Crippen LogP contribution in [0, 0.1) is 29.1 Å². The van der Waals surface area contributed by atoms with Gasteiger partial charge in [-0.05, 0) is 71.3 Å². The van der Waals surface area contributed by atoms with Crippen LogP contribution in [0.15, 0.2) is 30.3 Å². The summed E-state index contributed by atoms with van der Waals surface area (Å²) >= 11 is 0. The Bertz CT molecular complexity index is 2010. The molecule has 1 aromatic rings. The molecule has 1 aromatic carbocycles. The number of hydrogen-bond donors (Lipinski definition) is 4. The van der Waals surface area contributed by atoms with Gasteiger partial charge in [0.25, 0.3) is 5.91 Å². The van der Waals surface area contributed by atoms with Crippen molar-refractivity contribution in [2.24, 2.45) is 29.1 Å². The minimum atomic E-state index is -1.77. The van der Waals surface area contributed by atoms with Gasteiger partial charge in [-0.3, -0.25) is 47.9 Å². The second-order valence-corrected chi connectivity index (χ2v) is 19.8. The Kier molecular flexibility index (Phi) is 22.5. The second-order valence-electron chi connectivity index (χ2n) is 19.8. The molecule has 386 valence electrons. The molecular formula is C50H80N8O11. The fraction of sp³-hybridized carbons (Fsp3) is 0.680. The molecule has 4 N–H and O–H groups in total. The van der Waals surface area contributed by atoms with Crippen molar-refractivity contribution in [3.05, 3.63) is 35.9 Å². The quantitative estimate of drug-likeness (QED) is 0.217. The van der Waals surface area contributed by atoms with Crippen molar-refractivity contribution in [3.8, 4) is 0 Å². The van der Waals surface area contributed by atoms with Gasteiger partial charge in [0.1, 0.15) is 29.6 Å². The first kappa shape index (κ1) is 59.2. The standard InChI is InChI=1S/C50H80N8O11/c1-17-30(7)41-46(65)52-26-38(59)56(14)36(24-28(3)4)44(63)51-27-39(60)58(16)40(29(5)6)47(66)57(15)37(25-34-22-20-19-21-23-34)45(64)53-32(9)42(61)50(11,12)49(68)55(13)33(10)43(62)54-35(18-2)31(8)48(67)69-41/h19-23,28-33,35-37,40-41H,17-18,24-27H2,1-16H3,(H,51,63)(H,52,65)(H,53,64)(H,54,62)/t30-,31-,32-,33-,35+,36-,37-,40-,41-/m0/s1. The number of ether oxygens (including phenoxy) is 1. The van der Waals surface area contributed by atoms with Crippen molar-refractivity contribution < 1.29 is 52.7 Å². The van der Waals surface area contributed by atoms with Crippen LogP contribution in [0.4, 0.5) is 0 Å². The molecule has 9 atom stereocenters. The first-order valence-electron chi connectivity index (χ1n) is 24.0. The topological polar surface area (TPSA) is 241 Å². The number of Topliss-reactive ketones (excluding diaryl/α,β-unsaturated/α-hetero) is 1. The number of esters is 1. The van der Waals surface area contributed by atoms with Crippen LogP contribution in [0.5, 0.6) is 0 Å². The highest BCUT2D eigenvalue weighted by atomic mass is 16.5. The summed E-state index contributed by atoms with van der Waals surface area (Å²) in [5.74, 6) is -8.81. The van der Waals surface area contributed by atoms with Crippen LogP contribution in [-0.2, 0) is 59.1 Å². The predicted molar refractivity (Wildman–Crippen MR) is 259 cm³/mol. The van der Waals surface area contributed by atoms with Gasteiger partial charge in [-0.2, -0.15) is 0 Å². The van der Waals surface area contributed by atoms with E-state index in [1.807, 2.05) is 13.8 Å². The van der Waals surface area contributed by atoms with Crippen LogP contribution in [0.25, 0.3) is 0 Å². The number of carbonyl (C=O) groups is 10. The summed E-state index contributed by atoms with van der Waals surface area (Å²) in [5, 5.41) is 10.7. The second kappa shape index (κ2) is 26.2. The van der Waals surface area contributed by atoms with E-state index in [1.165, 1.54) is 77.5 Å². The van der Waals surface area contributed by atoms with E-state index in [2.05, 4.69) is 21.3 Å². The molecule has 1 saturated heterocycles. The van der Waals surface area contributed by atoms with Gasteiger partial charge in [0.2, 0.25) is 41.4 Å². The Labute approximate surface area is 408 Å². The van der Waals surface area contributed by atoms with Gasteiger partial charge in [0, 0.05) is 46.6 Å². The molecule has 1 aliphatic rings. The summed E-state index contributed by atoms with van der Waals surface area (Å²) in [6.07, 6.45) is -0.422. The van der Waals surface area contributed by atoms with Gasteiger partial charge < -0.3 is 45.6 Å². The lowest BCUT2D eigenvalue weighted by atomic mass is 9.82. The van der Waals surface area contributed by atoms with Gasteiger partial charge in [0.05, 0.1) is 25.0 Å². The third-order valence-corrected chi connectivity index (χ3v) is 13.4. The van der Waals surface area contributed by atoms with E-state index in [-0.39, 0.29) is 25.2 Å². The molecule has 2 rings (SSSR count). The molecular weight excluding hydrogens is 889 g/mol. The number of rotatable bonds is 8. The van der Waals surface area contributed by atoms with Crippen molar-refractivity contribution in [1.29, 1.82) is 0 Å². The maximum absolute atomic E-state index is 14.5. The number of benzene rings is 1. The molecule has 0 radical (unpaired) electrons. The summed E-state index contributed by atoms with van der Waals surface area (Å²) in [7, 11) is 5.62.